The van der Waals surface area contributed by atoms with Crippen molar-refractivity contribution in [1.29, 1.82) is 0 Å². The maximum Gasteiger partial charge on any atom is 0.0107 e. The highest BCUT2D eigenvalue weighted by molar-refractivity contribution is 4.63. The molecule has 2 heteroatoms. The molecular formula is C9H22N2. The van der Waals surface area contributed by atoms with E-state index < -0.39 is 0 Å². The minimum absolute atomic E-state index is 1.17. The fourth-order valence-corrected chi connectivity index (χ4v) is 1.22. The summed E-state index contributed by atoms with van der Waals surface area (Å²) in [7, 11) is 0. The van der Waals surface area contributed by atoms with E-state index in [0.717, 1.165) is 0 Å². The van der Waals surface area contributed by atoms with Gasteiger partial charge in [-0.3, -0.25) is 0 Å². The summed E-state index contributed by atoms with van der Waals surface area (Å²) >= 11 is 0. The van der Waals surface area contributed by atoms with Crippen molar-refractivity contribution in [1.82, 2.24) is 10.2 Å². The van der Waals surface area contributed by atoms with Gasteiger partial charge in [0.15, 0.2) is 0 Å². The molecule has 0 atom stereocenters. The first-order valence-electron chi connectivity index (χ1n) is 4.86. The van der Waals surface area contributed by atoms with E-state index in [1.807, 2.05) is 13.8 Å². The predicted molar refractivity (Wildman–Crippen MR) is 50.9 cm³/mol. The van der Waals surface area contributed by atoms with Gasteiger partial charge in [-0.15, -0.1) is 0 Å². The van der Waals surface area contributed by atoms with Crippen molar-refractivity contribution in [2.24, 2.45) is 0 Å². The molecule has 1 N–H and O–H groups in total. The van der Waals surface area contributed by atoms with Crippen molar-refractivity contribution in [3.8, 4) is 0 Å². The second-order valence-corrected chi connectivity index (χ2v) is 2.54. The molecule has 1 fully saturated rings. The van der Waals surface area contributed by atoms with E-state index in [2.05, 4.69) is 17.1 Å². The van der Waals surface area contributed by atoms with E-state index >= 15 is 0 Å². The molecule has 1 aliphatic rings. The van der Waals surface area contributed by atoms with Crippen molar-refractivity contribution in [3.05, 3.63) is 0 Å². The summed E-state index contributed by atoms with van der Waals surface area (Å²) in [5.41, 5.74) is 0. The molecule has 0 amide bonds. The number of likely N-dealkylation sites (N-methyl/N-ethyl adjacent to an activating group) is 1. The van der Waals surface area contributed by atoms with Crippen molar-refractivity contribution in [2.75, 3.05) is 32.7 Å². The van der Waals surface area contributed by atoms with E-state index in [4.69, 9.17) is 0 Å². The van der Waals surface area contributed by atoms with E-state index in [1.165, 1.54) is 39.1 Å². The van der Waals surface area contributed by atoms with Crippen LogP contribution < -0.4 is 5.32 Å². The summed E-state index contributed by atoms with van der Waals surface area (Å²) in [6.45, 7) is 12.3. The van der Waals surface area contributed by atoms with Crippen LogP contribution in [0.25, 0.3) is 0 Å². The van der Waals surface area contributed by atoms with Crippen molar-refractivity contribution < 1.29 is 0 Å². The summed E-state index contributed by atoms with van der Waals surface area (Å²) in [5.74, 6) is 0. The predicted octanol–water partition coefficient (Wildman–Crippen LogP) is 1.33. The zero-order valence-corrected chi connectivity index (χ0v) is 8.19. The number of rotatable bonds is 1. The third-order valence-corrected chi connectivity index (χ3v) is 1.88. The first kappa shape index (κ1) is 10.9. The van der Waals surface area contributed by atoms with Gasteiger partial charge in [-0.05, 0) is 26.1 Å². The lowest BCUT2D eigenvalue weighted by molar-refractivity contribution is 0.309. The Morgan fingerprint density at radius 3 is 2.55 bits per heavy atom. The first-order chi connectivity index (χ1) is 5.43. The van der Waals surface area contributed by atoms with Crippen LogP contribution >= 0.6 is 0 Å². The average molecular weight is 158 g/mol. The monoisotopic (exact) mass is 158 g/mol. The lowest BCUT2D eigenvalue weighted by Gasteiger charge is -2.15. The second-order valence-electron chi connectivity index (χ2n) is 2.54. The van der Waals surface area contributed by atoms with Gasteiger partial charge < -0.3 is 10.2 Å². The van der Waals surface area contributed by atoms with Crippen LogP contribution in [0.15, 0.2) is 0 Å². The Morgan fingerprint density at radius 1 is 1.18 bits per heavy atom. The van der Waals surface area contributed by atoms with Crippen LogP contribution in [0.2, 0.25) is 0 Å². The Hall–Kier alpha value is -0.0800. The van der Waals surface area contributed by atoms with Crippen molar-refractivity contribution >= 4 is 0 Å². The fraction of sp³-hybridized carbons (Fsp3) is 1.00. The quantitative estimate of drug-likeness (QED) is 0.619. The number of nitrogens with one attached hydrogen (secondary N) is 1. The lowest BCUT2D eigenvalue weighted by Crippen LogP contribution is -2.27. The molecule has 0 radical (unpaired) electrons. The molecule has 0 spiro atoms. The Labute approximate surface area is 71.0 Å². The van der Waals surface area contributed by atoms with Crippen LogP contribution in [0.3, 0.4) is 0 Å². The zero-order chi connectivity index (χ0) is 8.53. The van der Waals surface area contributed by atoms with Gasteiger partial charge >= 0.3 is 0 Å². The van der Waals surface area contributed by atoms with Crippen molar-refractivity contribution in [3.63, 3.8) is 0 Å². The van der Waals surface area contributed by atoms with E-state index in [0.29, 0.717) is 0 Å². The number of nitrogens with zero attached hydrogens (tertiary/aromatic N) is 1. The third-order valence-electron chi connectivity index (χ3n) is 1.88. The highest BCUT2D eigenvalue weighted by Crippen LogP contribution is 1.92. The fourth-order valence-electron chi connectivity index (χ4n) is 1.22. The standard InChI is InChI=1S/C7H16N2.C2H6/c1-2-9-6-3-4-8-5-7-9;1-2/h8H,2-7H2,1H3;1-2H3. The molecule has 0 aromatic rings. The second kappa shape index (κ2) is 8.02. The van der Waals surface area contributed by atoms with Crippen LogP contribution in [-0.4, -0.2) is 37.6 Å². The van der Waals surface area contributed by atoms with Crippen LogP contribution in [-0.2, 0) is 0 Å². The maximum absolute atomic E-state index is 3.37. The topological polar surface area (TPSA) is 15.3 Å². The van der Waals surface area contributed by atoms with Gasteiger partial charge in [0.2, 0.25) is 0 Å². The molecule has 2 nitrogen and oxygen atoms in total. The van der Waals surface area contributed by atoms with Crippen LogP contribution in [0, 0.1) is 0 Å². The van der Waals surface area contributed by atoms with Crippen molar-refractivity contribution in [2.45, 2.75) is 27.2 Å². The Balaban J connectivity index is 0.000000461. The number of hydrogen-bond acceptors (Lipinski definition) is 2. The summed E-state index contributed by atoms with van der Waals surface area (Å²) in [5, 5.41) is 3.37. The molecule has 0 unspecified atom stereocenters. The summed E-state index contributed by atoms with van der Waals surface area (Å²) in [4.78, 5) is 2.49. The molecule has 0 aromatic carbocycles. The largest absolute Gasteiger partial charge is 0.315 e. The highest BCUT2D eigenvalue weighted by Gasteiger charge is 2.03. The molecule has 1 heterocycles. The molecular weight excluding hydrogens is 136 g/mol. The van der Waals surface area contributed by atoms with Crippen LogP contribution in [0.1, 0.15) is 27.2 Å². The van der Waals surface area contributed by atoms with Crippen LogP contribution in [0.5, 0.6) is 0 Å². The van der Waals surface area contributed by atoms with Gasteiger partial charge in [0.1, 0.15) is 0 Å². The Bertz CT molecular complexity index is 66.0. The normalized spacial score (nSPS) is 19.9. The first-order valence-corrected chi connectivity index (χ1v) is 4.86. The molecule has 0 bridgehead atoms. The van der Waals surface area contributed by atoms with Gasteiger partial charge in [0.25, 0.3) is 0 Å². The molecule has 68 valence electrons. The highest BCUT2D eigenvalue weighted by atomic mass is 15.1. The zero-order valence-electron chi connectivity index (χ0n) is 8.19. The SMILES string of the molecule is CC.CCN1CCCNCC1. The van der Waals surface area contributed by atoms with E-state index in [-0.39, 0.29) is 0 Å². The summed E-state index contributed by atoms with van der Waals surface area (Å²) in [6, 6.07) is 0. The van der Waals surface area contributed by atoms with Gasteiger partial charge in [0, 0.05) is 13.1 Å². The molecule has 0 saturated carbocycles. The summed E-state index contributed by atoms with van der Waals surface area (Å²) in [6.07, 6.45) is 1.31. The maximum atomic E-state index is 3.37. The molecule has 11 heavy (non-hydrogen) atoms. The van der Waals surface area contributed by atoms with Crippen LogP contribution in [0.4, 0.5) is 0 Å². The van der Waals surface area contributed by atoms with Gasteiger partial charge in [0.05, 0.1) is 0 Å². The van der Waals surface area contributed by atoms with Gasteiger partial charge in [-0.2, -0.15) is 0 Å². The molecule has 1 rings (SSSR count). The molecule has 0 aliphatic carbocycles. The Morgan fingerprint density at radius 2 is 1.91 bits per heavy atom. The average Bonchev–Trinajstić information content (AvgIpc) is 2.35. The lowest BCUT2D eigenvalue weighted by atomic mass is 10.4. The van der Waals surface area contributed by atoms with Gasteiger partial charge in [-0.25, -0.2) is 0 Å². The minimum atomic E-state index is 1.17. The van der Waals surface area contributed by atoms with E-state index in [1.54, 1.807) is 0 Å². The Kier molecular flexibility index (Phi) is 7.96. The summed E-state index contributed by atoms with van der Waals surface area (Å²) < 4.78 is 0. The third kappa shape index (κ3) is 5.22. The number of hydrogen-bond donors (Lipinski definition) is 1. The minimum Gasteiger partial charge on any atom is -0.315 e. The molecule has 1 aliphatic heterocycles. The molecule has 0 aromatic heterocycles. The smallest absolute Gasteiger partial charge is 0.0107 e. The molecule has 1 saturated heterocycles. The van der Waals surface area contributed by atoms with E-state index in [9.17, 15) is 0 Å². The van der Waals surface area contributed by atoms with Gasteiger partial charge in [-0.1, -0.05) is 20.8 Å².